The summed E-state index contributed by atoms with van der Waals surface area (Å²) in [5.74, 6) is -2.47. The smallest absolute Gasteiger partial charge is 0.407 e. The van der Waals surface area contributed by atoms with Crippen LogP contribution in [0.2, 0.25) is 0 Å². The van der Waals surface area contributed by atoms with E-state index in [9.17, 15) is 24.0 Å². The van der Waals surface area contributed by atoms with Crippen molar-refractivity contribution in [3.63, 3.8) is 0 Å². The van der Waals surface area contributed by atoms with Crippen LogP contribution in [0.3, 0.4) is 0 Å². The maximum Gasteiger partial charge on any atom is 0.407 e. The van der Waals surface area contributed by atoms with Crippen molar-refractivity contribution in [2.75, 3.05) is 20.2 Å². The molecule has 0 radical (unpaired) electrons. The fraction of sp³-hybridized carbons (Fsp3) is 0.258. The maximum atomic E-state index is 13.0. The van der Waals surface area contributed by atoms with Crippen molar-refractivity contribution in [3.05, 3.63) is 108 Å². The van der Waals surface area contributed by atoms with Gasteiger partial charge in [-0.2, -0.15) is 0 Å². The highest BCUT2D eigenvalue weighted by molar-refractivity contribution is 5.92. The fourth-order valence-electron chi connectivity index (χ4n) is 3.95. The number of esters is 1. The van der Waals surface area contributed by atoms with Crippen molar-refractivity contribution >= 4 is 29.8 Å². The van der Waals surface area contributed by atoms with E-state index in [1.54, 1.807) is 36.4 Å². The normalized spacial score (nSPS) is 11.7. The monoisotopic (exact) mass is 574 g/mol. The van der Waals surface area contributed by atoms with Gasteiger partial charge in [0.25, 0.3) is 0 Å². The second kappa shape index (κ2) is 16.8. The van der Waals surface area contributed by atoms with Gasteiger partial charge in [-0.05, 0) is 16.7 Å². The van der Waals surface area contributed by atoms with Crippen molar-refractivity contribution in [2.45, 2.75) is 31.5 Å². The lowest BCUT2D eigenvalue weighted by Gasteiger charge is -2.20. The van der Waals surface area contributed by atoms with Crippen molar-refractivity contribution in [1.29, 1.82) is 0 Å². The second-order valence-electron chi connectivity index (χ2n) is 9.28. The molecule has 3 aromatic carbocycles. The average molecular weight is 575 g/mol. The Kier molecular flexibility index (Phi) is 12.5. The van der Waals surface area contributed by atoms with Crippen LogP contribution >= 0.6 is 0 Å². The molecule has 4 N–H and O–H groups in total. The van der Waals surface area contributed by atoms with Crippen molar-refractivity contribution < 1.29 is 33.4 Å². The second-order valence-corrected chi connectivity index (χ2v) is 9.28. The number of carbonyl (C=O) groups excluding carboxylic acids is 5. The molecule has 0 spiro atoms. The Morgan fingerprint density at radius 2 is 1.07 bits per heavy atom. The highest BCUT2D eigenvalue weighted by Gasteiger charge is 2.25. The Morgan fingerprint density at radius 1 is 0.619 bits per heavy atom. The molecule has 4 amide bonds. The molecule has 0 saturated carbocycles. The standard InChI is InChI=1S/C31H34N4O7/c1-41-30(39)26(18-23-13-7-3-8-14-23)35-27(36)19-32-29(38)25(17-22-11-5-2-6-12-22)34-28(37)20-33-31(40)42-21-24-15-9-4-10-16-24/h2-16,25-26H,17-21H2,1H3,(H,32,38)(H,33,40)(H,34,37)(H,35,36)/t25-,26-/m0/s1. The summed E-state index contributed by atoms with van der Waals surface area (Å²) in [4.78, 5) is 62.5. The number of rotatable bonds is 14. The molecule has 0 aromatic heterocycles. The number of hydrogen-bond donors (Lipinski definition) is 4. The molecule has 0 aliphatic carbocycles. The van der Waals surface area contributed by atoms with Gasteiger partial charge < -0.3 is 30.7 Å². The van der Waals surface area contributed by atoms with Crippen LogP contribution in [0.15, 0.2) is 91.0 Å². The molecule has 2 atom stereocenters. The summed E-state index contributed by atoms with van der Waals surface area (Å²) >= 11 is 0. The van der Waals surface area contributed by atoms with Gasteiger partial charge in [0.15, 0.2) is 0 Å². The first-order valence-corrected chi connectivity index (χ1v) is 13.3. The third kappa shape index (κ3) is 11.1. The molecule has 42 heavy (non-hydrogen) atoms. The number of benzene rings is 3. The molecule has 0 unspecified atom stereocenters. The van der Waals surface area contributed by atoms with Crippen LogP contribution in [0, 0.1) is 0 Å². The van der Waals surface area contributed by atoms with Crippen LogP contribution in [-0.2, 0) is 48.1 Å². The lowest BCUT2D eigenvalue weighted by molar-refractivity contribution is -0.145. The Bertz CT molecular complexity index is 1320. The number of nitrogens with one attached hydrogen (secondary N) is 4. The van der Waals surface area contributed by atoms with Crippen molar-refractivity contribution in [1.82, 2.24) is 21.3 Å². The van der Waals surface area contributed by atoms with Crippen LogP contribution in [0.1, 0.15) is 16.7 Å². The number of alkyl carbamates (subject to hydrolysis) is 1. The van der Waals surface area contributed by atoms with Gasteiger partial charge in [0.2, 0.25) is 17.7 Å². The summed E-state index contributed by atoms with van der Waals surface area (Å²) in [7, 11) is 1.23. The van der Waals surface area contributed by atoms with Gasteiger partial charge in [0, 0.05) is 12.8 Å². The zero-order valence-corrected chi connectivity index (χ0v) is 23.2. The molecule has 0 saturated heterocycles. The molecule has 3 aromatic rings. The van der Waals surface area contributed by atoms with E-state index in [0.717, 1.165) is 16.7 Å². The third-order valence-electron chi connectivity index (χ3n) is 6.07. The SMILES string of the molecule is COC(=O)[C@H](Cc1ccccc1)NC(=O)CNC(=O)[C@H](Cc1ccccc1)NC(=O)CNC(=O)OCc1ccccc1. The van der Waals surface area contributed by atoms with E-state index < -0.39 is 55.0 Å². The van der Waals surface area contributed by atoms with E-state index >= 15 is 0 Å². The molecule has 0 aliphatic heterocycles. The minimum absolute atomic E-state index is 0.0393. The number of methoxy groups -OCH3 is 1. The van der Waals surface area contributed by atoms with E-state index in [-0.39, 0.29) is 19.4 Å². The van der Waals surface area contributed by atoms with Gasteiger partial charge >= 0.3 is 12.1 Å². The van der Waals surface area contributed by atoms with Gasteiger partial charge in [-0.3, -0.25) is 14.4 Å². The Labute approximate surface area is 244 Å². The topological polar surface area (TPSA) is 152 Å². The van der Waals surface area contributed by atoms with Crippen LogP contribution in [0.25, 0.3) is 0 Å². The minimum Gasteiger partial charge on any atom is -0.467 e. The average Bonchev–Trinajstić information content (AvgIpc) is 3.02. The van der Waals surface area contributed by atoms with Crippen LogP contribution in [-0.4, -0.2) is 62.1 Å². The summed E-state index contributed by atoms with van der Waals surface area (Å²) in [5.41, 5.74) is 2.38. The highest BCUT2D eigenvalue weighted by atomic mass is 16.5. The fourth-order valence-corrected chi connectivity index (χ4v) is 3.95. The Balaban J connectivity index is 1.53. The van der Waals surface area contributed by atoms with Crippen molar-refractivity contribution in [3.8, 4) is 0 Å². The molecule has 11 nitrogen and oxygen atoms in total. The van der Waals surface area contributed by atoms with E-state index in [4.69, 9.17) is 9.47 Å². The number of carbonyl (C=O) groups is 5. The molecule has 0 heterocycles. The molecule has 11 heteroatoms. The van der Waals surface area contributed by atoms with Gasteiger partial charge in [-0.25, -0.2) is 9.59 Å². The summed E-state index contributed by atoms with van der Waals surface area (Å²) in [6.07, 6.45) is -0.441. The summed E-state index contributed by atoms with van der Waals surface area (Å²) < 4.78 is 9.91. The Morgan fingerprint density at radius 3 is 1.60 bits per heavy atom. The molecule has 0 bridgehead atoms. The summed E-state index contributed by atoms with van der Waals surface area (Å²) in [6.45, 7) is -0.823. The summed E-state index contributed by atoms with van der Waals surface area (Å²) in [5, 5.41) is 10.0. The predicted octanol–water partition coefficient (Wildman–Crippen LogP) is 1.66. The lowest BCUT2D eigenvalue weighted by Crippen LogP contribution is -2.53. The minimum atomic E-state index is -1.05. The molecule has 3 rings (SSSR count). The van der Waals surface area contributed by atoms with Gasteiger partial charge in [0.05, 0.1) is 13.7 Å². The molecular weight excluding hydrogens is 540 g/mol. The van der Waals surface area contributed by atoms with Crippen molar-refractivity contribution in [2.24, 2.45) is 0 Å². The Hall–Kier alpha value is -5.19. The third-order valence-corrected chi connectivity index (χ3v) is 6.07. The van der Waals surface area contributed by atoms with Gasteiger partial charge in [0.1, 0.15) is 25.2 Å². The molecule has 0 aliphatic rings. The largest absolute Gasteiger partial charge is 0.467 e. The first kappa shape index (κ1) is 31.3. The number of ether oxygens (including phenoxy) is 2. The summed E-state index contributed by atoms with van der Waals surface area (Å²) in [6, 6.07) is 25.2. The predicted molar refractivity (Wildman–Crippen MR) is 154 cm³/mol. The molecule has 220 valence electrons. The maximum absolute atomic E-state index is 13.0. The first-order valence-electron chi connectivity index (χ1n) is 13.3. The van der Waals surface area contributed by atoms with Gasteiger partial charge in [-0.15, -0.1) is 0 Å². The number of hydrogen-bond acceptors (Lipinski definition) is 7. The zero-order valence-electron chi connectivity index (χ0n) is 23.2. The molecule has 0 fully saturated rings. The van der Waals surface area contributed by atoms with E-state index in [1.165, 1.54) is 7.11 Å². The van der Waals surface area contributed by atoms with E-state index in [0.29, 0.717) is 0 Å². The lowest BCUT2D eigenvalue weighted by atomic mass is 10.0. The zero-order chi connectivity index (χ0) is 30.2. The van der Waals surface area contributed by atoms with E-state index in [1.807, 2.05) is 54.6 Å². The van der Waals surface area contributed by atoms with Gasteiger partial charge in [-0.1, -0.05) is 91.0 Å². The number of amides is 4. The quantitative estimate of drug-likeness (QED) is 0.214. The van der Waals surface area contributed by atoms with E-state index in [2.05, 4.69) is 21.3 Å². The van der Waals surface area contributed by atoms with Crippen LogP contribution < -0.4 is 21.3 Å². The first-order chi connectivity index (χ1) is 20.3. The highest BCUT2D eigenvalue weighted by Crippen LogP contribution is 2.06. The van der Waals surface area contributed by atoms with Crippen LogP contribution in [0.4, 0.5) is 4.79 Å². The van der Waals surface area contributed by atoms with Crippen LogP contribution in [0.5, 0.6) is 0 Å². The molecular formula is C31H34N4O7.